The van der Waals surface area contributed by atoms with E-state index >= 15 is 0 Å². The average molecular weight is 219 g/mol. The number of hydrogen-bond donors (Lipinski definition) is 0. The van der Waals surface area contributed by atoms with Gasteiger partial charge >= 0.3 is 0 Å². The topological polar surface area (TPSA) is 0 Å². The summed E-state index contributed by atoms with van der Waals surface area (Å²) in [5.74, 6) is -0.362. The molecule has 0 unspecified atom stereocenters. The quantitative estimate of drug-likeness (QED) is 0.678. The van der Waals surface area contributed by atoms with Crippen molar-refractivity contribution in [3.05, 3.63) is 35.4 Å². The van der Waals surface area contributed by atoms with Crippen molar-refractivity contribution in [1.29, 1.82) is 0 Å². The summed E-state index contributed by atoms with van der Waals surface area (Å²) in [6.45, 7) is 3.84. The summed E-state index contributed by atoms with van der Waals surface area (Å²) in [5, 5.41) is 0. The van der Waals surface area contributed by atoms with Crippen molar-refractivity contribution in [2.45, 2.75) is 20.3 Å². The Morgan fingerprint density at radius 3 is 2.50 bits per heavy atom. The molecule has 0 aliphatic rings. The Labute approximate surface area is 87.9 Å². The largest absolute Gasteiger partial charge is 0.207 e. The van der Waals surface area contributed by atoms with Crippen LogP contribution in [0, 0.1) is 17.0 Å². The Bertz CT molecular complexity index is 321. The lowest BCUT2D eigenvalue weighted by atomic mass is 9.87. The molecule has 0 aromatic heterocycles. The summed E-state index contributed by atoms with van der Waals surface area (Å²) in [6.07, 6.45) is 0.445. The fraction of sp³-hybridized carbons (Fsp3) is 0.455. The van der Waals surface area contributed by atoms with Gasteiger partial charge in [0.05, 0.1) is 0 Å². The van der Waals surface area contributed by atoms with E-state index in [4.69, 9.17) is 11.6 Å². The van der Waals surface area contributed by atoms with E-state index in [1.807, 2.05) is 13.8 Å². The minimum absolute atomic E-state index is 0.212. The molecule has 0 fully saturated rings. The van der Waals surface area contributed by atoms with Gasteiger partial charge in [-0.15, -0.1) is 11.6 Å². The monoisotopic (exact) mass is 218 g/mol. The summed E-state index contributed by atoms with van der Waals surface area (Å²) in [6, 6.07) is 3.49. The molecule has 14 heavy (non-hydrogen) atoms. The zero-order valence-corrected chi connectivity index (χ0v) is 9.04. The van der Waals surface area contributed by atoms with E-state index in [0.717, 1.165) is 12.1 Å². The van der Waals surface area contributed by atoms with Crippen LogP contribution in [0.1, 0.15) is 19.4 Å². The molecule has 78 valence electrons. The van der Waals surface area contributed by atoms with E-state index < -0.39 is 5.82 Å². The Kier molecular flexibility index (Phi) is 3.48. The van der Waals surface area contributed by atoms with Gasteiger partial charge in [-0.25, -0.2) is 8.78 Å². The zero-order valence-electron chi connectivity index (χ0n) is 8.28. The predicted molar refractivity (Wildman–Crippen MR) is 54.6 cm³/mol. The van der Waals surface area contributed by atoms with Crippen LogP contribution in [-0.2, 0) is 6.42 Å². The van der Waals surface area contributed by atoms with E-state index in [1.165, 1.54) is 6.07 Å². The molecule has 1 rings (SSSR count). The van der Waals surface area contributed by atoms with Crippen LogP contribution in [-0.4, -0.2) is 5.88 Å². The molecule has 0 radical (unpaired) electrons. The molecule has 3 heteroatoms. The average Bonchev–Trinajstić information content (AvgIpc) is 2.11. The van der Waals surface area contributed by atoms with Crippen LogP contribution in [0.2, 0.25) is 0 Å². The highest BCUT2D eigenvalue weighted by atomic mass is 35.5. The molecular formula is C11H13ClF2. The second kappa shape index (κ2) is 4.26. The van der Waals surface area contributed by atoms with E-state index in [1.54, 1.807) is 0 Å². The second-order valence-corrected chi connectivity index (χ2v) is 4.48. The van der Waals surface area contributed by atoms with Gasteiger partial charge in [0, 0.05) is 5.88 Å². The van der Waals surface area contributed by atoms with Crippen molar-refractivity contribution in [3.8, 4) is 0 Å². The van der Waals surface area contributed by atoms with Crippen LogP contribution in [0.3, 0.4) is 0 Å². The van der Waals surface area contributed by atoms with Crippen LogP contribution in [0.15, 0.2) is 18.2 Å². The summed E-state index contributed by atoms with van der Waals surface area (Å²) in [7, 11) is 0. The smallest absolute Gasteiger partial charge is 0.126 e. The molecule has 0 amide bonds. The Balaban J connectivity index is 2.91. The minimum atomic E-state index is -0.410. The first kappa shape index (κ1) is 11.4. The molecule has 0 N–H and O–H groups in total. The van der Waals surface area contributed by atoms with Crippen molar-refractivity contribution in [1.82, 2.24) is 0 Å². The highest BCUT2D eigenvalue weighted by Crippen LogP contribution is 2.25. The second-order valence-electron chi connectivity index (χ2n) is 4.21. The zero-order chi connectivity index (χ0) is 10.8. The highest BCUT2D eigenvalue weighted by Gasteiger charge is 2.19. The first-order chi connectivity index (χ1) is 6.44. The SMILES string of the molecule is CC(C)(CCl)Cc1cc(F)ccc1F. The third-order valence-corrected chi connectivity index (χ3v) is 2.76. The van der Waals surface area contributed by atoms with Gasteiger partial charge in [0.1, 0.15) is 11.6 Å². The van der Waals surface area contributed by atoms with Crippen molar-refractivity contribution in [3.63, 3.8) is 0 Å². The highest BCUT2D eigenvalue weighted by molar-refractivity contribution is 6.18. The van der Waals surface area contributed by atoms with Crippen LogP contribution in [0.5, 0.6) is 0 Å². The van der Waals surface area contributed by atoms with Gasteiger partial charge in [0.2, 0.25) is 0 Å². The maximum atomic E-state index is 13.2. The Morgan fingerprint density at radius 1 is 1.29 bits per heavy atom. The van der Waals surface area contributed by atoms with Gasteiger partial charge in [-0.05, 0) is 35.6 Å². The standard InChI is InChI=1S/C11H13ClF2/c1-11(2,7-12)6-8-5-9(13)3-4-10(8)14/h3-5H,6-7H2,1-2H3. The molecule has 0 atom stereocenters. The molecule has 1 aromatic rings. The summed E-state index contributed by atoms with van der Waals surface area (Å²) in [5.41, 5.74) is 0.173. The number of alkyl halides is 1. The summed E-state index contributed by atoms with van der Waals surface area (Å²) < 4.78 is 26.1. The van der Waals surface area contributed by atoms with Gasteiger partial charge in [0.25, 0.3) is 0 Å². The molecule has 0 aliphatic heterocycles. The van der Waals surface area contributed by atoms with Crippen molar-refractivity contribution in [2.24, 2.45) is 5.41 Å². The van der Waals surface area contributed by atoms with Gasteiger partial charge in [-0.3, -0.25) is 0 Å². The first-order valence-corrected chi connectivity index (χ1v) is 4.98. The van der Waals surface area contributed by atoms with Gasteiger partial charge in [0.15, 0.2) is 0 Å². The van der Waals surface area contributed by atoms with E-state index in [2.05, 4.69) is 0 Å². The lowest BCUT2D eigenvalue weighted by Crippen LogP contribution is -2.17. The summed E-state index contributed by atoms with van der Waals surface area (Å²) >= 11 is 5.72. The number of halogens is 3. The molecule has 0 spiro atoms. The molecule has 0 heterocycles. The Morgan fingerprint density at radius 2 is 1.93 bits per heavy atom. The number of hydrogen-bond acceptors (Lipinski definition) is 0. The molecule has 0 saturated heterocycles. The predicted octanol–water partition coefficient (Wildman–Crippen LogP) is 3.77. The third-order valence-electron chi connectivity index (χ3n) is 2.04. The van der Waals surface area contributed by atoms with Crippen molar-refractivity contribution < 1.29 is 8.78 Å². The maximum absolute atomic E-state index is 13.2. The van der Waals surface area contributed by atoms with Crippen molar-refractivity contribution in [2.75, 3.05) is 5.88 Å². The van der Waals surface area contributed by atoms with Crippen LogP contribution >= 0.6 is 11.6 Å². The van der Waals surface area contributed by atoms with Crippen LogP contribution in [0.4, 0.5) is 8.78 Å². The Hall–Kier alpha value is -0.630. The van der Waals surface area contributed by atoms with Gasteiger partial charge in [-0.2, -0.15) is 0 Å². The normalized spacial score (nSPS) is 11.8. The number of rotatable bonds is 3. The van der Waals surface area contributed by atoms with Crippen LogP contribution in [0.25, 0.3) is 0 Å². The molecule has 0 nitrogen and oxygen atoms in total. The first-order valence-electron chi connectivity index (χ1n) is 4.44. The van der Waals surface area contributed by atoms with Crippen LogP contribution < -0.4 is 0 Å². The molecule has 0 saturated carbocycles. The van der Waals surface area contributed by atoms with Gasteiger partial charge in [-0.1, -0.05) is 13.8 Å². The number of benzene rings is 1. The van der Waals surface area contributed by atoms with E-state index in [9.17, 15) is 8.78 Å². The minimum Gasteiger partial charge on any atom is -0.207 e. The molecule has 0 aliphatic carbocycles. The van der Waals surface area contributed by atoms with E-state index in [0.29, 0.717) is 17.9 Å². The molecule has 0 bridgehead atoms. The third kappa shape index (κ3) is 2.95. The van der Waals surface area contributed by atoms with E-state index in [-0.39, 0.29) is 11.2 Å². The summed E-state index contributed by atoms with van der Waals surface area (Å²) in [4.78, 5) is 0. The maximum Gasteiger partial charge on any atom is 0.126 e. The molecular weight excluding hydrogens is 206 g/mol. The fourth-order valence-corrected chi connectivity index (χ4v) is 1.34. The van der Waals surface area contributed by atoms with Crippen molar-refractivity contribution >= 4 is 11.6 Å². The van der Waals surface area contributed by atoms with Gasteiger partial charge < -0.3 is 0 Å². The fourth-order valence-electron chi connectivity index (χ4n) is 1.24. The lowest BCUT2D eigenvalue weighted by molar-refractivity contribution is 0.407. The molecule has 1 aromatic carbocycles. The lowest BCUT2D eigenvalue weighted by Gasteiger charge is -2.21.